The van der Waals surface area contributed by atoms with E-state index in [-0.39, 0.29) is 5.82 Å². The number of rotatable bonds is 1. The molecule has 84 valence electrons. The van der Waals surface area contributed by atoms with Crippen LogP contribution in [-0.2, 0) is 6.18 Å². The average molecular weight is 292 g/mol. The predicted octanol–water partition coefficient (Wildman–Crippen LogP) is 3.05. The third-order valence-corrected chi connectivity index (χ3v) is 2.29. The molecule has 0 amide bonds. The maximum absolute atomic E-state index is 12.6. The second-order valence-electron chi connectivity index (χ2n) is 2.94. The number of aromatic nitrogens is 3. The Morgan fingerprint density at radius 1 is 1.19 bits per heavy atom. The quantitative estimate of drug-likeness (QED) is 0.756. The van der Waals surface area contributed by atoms with Crippen LogP contribution in [0.1, 0.15) is 5.69 Å². The Hall–Kier alpha value is -1.37. The zero-order valence-corrected chi connectivity index (χ0v) is 9.33. The zero-order valence-electron chi connectivity index (χ0n) is 7.74. The summed E-state index contributed by atoms with van der Waals surface area (Å²) in [6.45, 7) is 0. The van der Waals surface area contributed by atoms with Crippen LogP contribution in [0.3, 0.4) is 0 Å². The van der Waals surface area contributed by atoms with Crippen molar-refractivity contribution in [3.8, 4) is 5.82 Å². The molecule has 0 atom stereocenters. The molecule has 0 fully saturated rings. The van der Waals surface area contributed by atoms with E-state index < -0.39 is 11.9 Å². The van der Waals surface area contributed by atoms with Gasteiger partial charge in [0.15, 0.2) is 5.82 Å². The molecule has 0 aliphatic rings. The van der Waals surface area contributed by atoms with Crippen molar-refractivity contribution < 1.29 is 13.2 Å². The Kier molecular flexibility index (Phi) is 2.71. The first kappa shape index (κ1) is 11.1. The molecule has 0 unspecified atom stereocenters. The fraction of sp³-hybridized carbons (Fsp3) is 0.111. The highest BCUT2D eigenvalue weighted by Gasteiger charge is 2.35. The monoisotopic (exact) mass is 291 g/mol. The van der Waals surface area contributed by atoms with Crippen molar-refractivity contribution in [2.45, 2.75) is 6.18 Å². The second kappa shape index (κ2) is 3.89. The van der Waals surface area contributed by atoms with Crippen LogP contribution in [0.2, 0.25) is 0 Å². The average Bonchev–Trinajstić information content (AvgIpc) is 2.65. The molecular weight excluding hydrogens is 287 g/mol. The molecule has 0 aromatic carbocycles. The minimum Gasteiger partial charge on any atom is -0.222 e. The van der Waals surface area contributed by atoms with Gasteiger partial charge in [0.05, 0.1) is 6.20 Å². The summed E-state index contributed by atoms with van der Waals surface area (Å²) >= 11 is 3.09. The van der Waals surface area contributed by atoms with Gasteiger partial charge in [0.2, 0.25) is 0 Å². The Bertz CT molecular complexity index is 507. The van der Waals surface area contributed by atoms with Gasteiger partial charge in [0.25, 0.3) is 0 Å². The van der Waals surface area contributed by atoms with Crippen LogP contribution in [-0.4, -0.2) is 14.8 Å². The highest BCUT2D eigenvalue weighted by atomic mass is 79.9. The fourth-order valence-electron chi connectivity index (χ4n) is 1.22. The van der Waals surface area contributed by atoms with Crippen LogP contribution in [0.5, 0.6) is 0 Å². The van der Waals surface area contributed by atoms with Gasteiger partial charge in [0.1, 0.15) is 10.3 Å². The van der Waals surface area contributed by atoms with E-state index in [2.05, 4.69) is 26.0 Å². The van der Waals surface area contributed by atoms with Crippen molar-refractivity contribution in [3.05, 3.63) is 40.8 Å². The number of alkyl halides is 3. The highest BCUT2D eigenvalue weighted by molar-refractivity contribution is 9.10. The number of nitrogens with zero attached hydrogens (tertiary/aromatic N) is 3. The minimum absolute atomic E-state index is 0.117. The molecule has 2 aromatic rings. The molecule has 2 rings (SSSR count). The number of halogens is 4. The molecule has 7 heteroatoms. The van der Waals surface area contributed by atoms with E-state index in [0.29, 0.717) is 4.60 Å². The summed E-state index contributed by atoms with van der Waals surface area (Å²) in [5.41, 5.74) is -0.849. The largest absolute Gasteiger partial charge is 0.433 e. The normalized spacial score (nSPS) is 11.8. The van der Waals surface area contributed by atoms with Crippen LogP contribution in [0.25, 0.3) is 5.82 Å². The maximum atomic E-state index is 12.6. The fourth-order valence-corrected chi connectivity index (χ4v) is 1.55. The molecule has 2 aromatic heterocycles. The first-order chi connectivity index (χ1) is 7.48. The third kappa shape index (κ3) is 2.08. The summed E-state index contributed by atoms with van der Waals surface area (Å²) in [6.07, 6.45) is -3.36. The van der Waals surface area contributed by atoms with Gasteiger partial charge in [0, 0.05) is 0 Å². The van der Waals surface area contributed by atoms with Crippen LogP contribution in [0.15, 0.2) is 35.1 Å². The van der Waals surface area contributed by atoms with Gasteiger partial charge < -0.3 is 0 Å². The number of hydrogen-bond donors (Lipinski definition) is 0. The van der Waals surface area contributed by atoms with Crippen LogP contribution in [0.4, 0.5) is 13.2 Å². The van der Waals surface area contributed by atoms with Gasteiger partial charge in [-0.05, 0) is 34.1 Å². The molecule has 0 saturated heterocycles. The maximum Gasteiger partial charge on any atom is 0.433 e. The van der Waals surface area contributed by atoms with Gasteiger partial charge in [-0.25, -0.2) is 9.67 Å². The van der Waals surface area contributed by atoms with E-state index in [0.717, 1.165) is 16.9 Å². The minimum atomic E-state index is -4.44. The van der Waals surface area contributed by atoms with Gasteiger partial charge >= 0.3 is 6.18 Å². The number of pyridine rings is 1. The zero-order chi connectivity index (χ0) is 11.8. The standard InChI is InChI=1S/C9H5BrF3N3/c10-7-2-1-3-8(15-7)16-6(4-5-14-16)9(11,12)13/h1-5H. The molecule has 2 heterocycles. The van der Waals surface area contributed by atoms with Crippen molar-refractivity contribution in [2.75, 3.05) is 0 Å². The Morgan fingerprint density at radius 2 is 1.94 bits per heavy atom. The smallest absolute Gasteiger partial charge is 0.222 e. The molecule has 0 radical (unpaired) electrons. The Labute approximate surface area is 97.0 Å². The topological polar surface area (TPSA) is 30.7 Å². The Morgan fingerprint density at radius 3 is 2.56 bits per heavy atom. The lowest BCUT2D eigenvalue weighted by Gasteiger charge is -2.09. The predicted molar refractivity (Wildman–Crippen MR) is 54.1 cm³/mol. The molecule has 0 N–H and O–H groups in total. The van der Waals surface area contributed by atoms with Crippen LogP contribution in [0, 0.1) is 0 Å². The van der Waals surface area contributed by atoms with Gasteiger partial charge in [-0.1, -0.05) is 6.07 Å². The third-order valence-electron chi connectivity index (χ3n) is 1.85. The molecule has 0 aliphatic heterocycles. The Balaban J connectivity index is 2.53. The lowest BCUT2D eigenvalue weighted by Crippen LogP contribution is -2.14. The lowest BCUT2D eigenvalue weighted by atomic mass is 10.4. The number of hydrogen-bond acceptors (Lipinski definition) is 2. The molecule has 0 bridgehead atoms. The molecule has 0 saturated carbocycles. The van der Waals surface area contributed by atoms with Crippen molar-refractivity contribution in [1.29, 1.82) is 0 Å². The van der Waals surface area contributed by atoms with E-state index >= 15 is 0 Å². The summed E-state index contributed by atoms with van der Waals surface area (Å²) < 4.78 is 38.9. The molecule has 3 nitrogen and oxygen atoms in total. The first-order valence-electron chi connectivity index (χ1n) is 4.22. The van der Waals surface area contributed by atoms with Crippen LogP contribution < -0.4 is 0 Å². The SMILES string of the molecule is FC(F)(F)c1ccnn1-c1cccc(Br)n1. The summed E-state index contributed by atoms with van der Waals surface area (Å²) in [6, 6.07) is 5.57. The van der Waals surface area contributed by atoms with Gasteiger partial charge in [-0.2, -0.15) is 18.3 Å². The molecule has 0 aliphatic carbocycles. The van der Waals surface area contributed by atoms with Crippen molar-refractivity contribution in [3.63, 3.8) is 0 Å². The highest BCUT2D eigenvalue weighted by Crippen LogP contribution is 2.30. The van der Waals surface area contributed by atoms with Crippen LogP contribution >= 0.6 is 15.9 Å². The van der Waals surface area contributed by atoms with Crippen molar-refractivity contribution in [2.24, 2.45) is 0 Å². The van der Waals surface area contributed by atoms with E-state index in [1.54, 1.807) is 12.1 Å². The van der Waals surface area contributed by atoms with Gasteiger partial charge in [-0.3, -0.25) is 0 Å². The van der Waals surface area contributed by atoms with E-state index in [9.17, 15) is 13.2 Å². The van der Waals surface area contributed by atoms with E-state index in [4.69, 9.17) is 0 Å². The summed E-state index contributed by atoms with van der Waals surface area (Å²) in [5.74, 6) is 0.117. The van der Waals surface area contributed by atoms with Crippen molar-refractivity contribution in [1.82, 2.24) is 14.8 Å². The molecule has 16 heavy (non-hydrogen) atoms. The van der Waals surface area contributed by atoms with Gasteiger partial charge in [-0.15, -0.1) is 0 Å². The van der Waals surface area contributed by atoms with E-state index in [1.807, 2.05) is 0 Å². The van der Waals surface area contributed by atoms with E-state index in [1.165, 1.54) is 6.07 Å². The molecule has 0 spiro atoms. The molecular formula is C9H5BrF3N3. The first-order valence-corrected chi connectivity index (χ1v) is 5.02. The second-order valence-corrected chi connectivity index (χ2v) is 3.76. The summed E-state index contributed by atoms with van der Waals surface area (Å²) in [5, 5.41) is 3.61. The summed E-state index contributed by atoms with van der Waals surface area (Å²) in [4.78, 5) is 3.91. The lowest BCUT2D eigenvalue weighted by molar-refractivity contribution is -0.142. The van der Waals surface area contributed by atoms with Crippen molar-refractivity contribution >= 4 is 15.9 Å². The summed E-state index contributed by atoms with van der Waals surface area (Å²) in [7, 11) is 0.